The van der Waals surface area contributed by atoms with Crippen molar-refractivity contribution in [1.82, 2.24) is 5.32 Å². The Morgan fingerprint density at radius 3 is 2.26 bits per heavy atom. The van der Waals surface area contributed by atoms with E-state index in [1.165, 1.54) is 29.5 Å². The standard InChI is InChI=1S/C20H24N2S/c1-15-9-11-17(12-10-15)21-19(23)22-20(13-5-6-14-20)18-8-4-3-7-16(18)2/h3-4,7-12H,5-6,13-14H2,1-2H3,(H2,21,22,23). The maximum Gasteiger partial charge on any atom is 0.171 e. The van der Waals surface area contributed by atoms with Crippen LogP contribution in [0.2, 0.25) is 0 Å². The Balaban J connectivity index is 1.79. The molecule has 0 heterocycles. The van der Waals surface area contributed by atoms with Crippen LogP contribution in [0.15, 0.2) is 48.5 Å². The minimum Gasteiger partial charge on any atom is -0.353 e. The van der Waals surface area contributed by atoms with Crippen molar-refractivity contribution in [3.05, 3.63) is 65.2 Å². The normalized spacial score (nSPS) is 16.1. The molecule has 2 aromatic carbocycles. The zero-order chi connectivity index (χ0) is 16.3. The van der Waals surface area contributed by atoms with Crippen LogP contribution < -0.4 is 10.6 Å². The molecule has 23 heavy (non-hydrogen) atoms. The van der Waals surface area contributed by atoms with Crippen LogP contribution in [0.5, 0.6) is 0 Å². The molecular formula is C20H24N2S. The molecule has 0 saturated heterocycles. The number of aryl methyl sites for hydroxylation is 2. The van der Waals surface area contributed by atoms with Crippen LogP contribution in [0, 0.1) is 13.8 Å². The van der Waals surface area contributed by atoms with Crippen LogP contribution >= 0.6 is 12.2 Å². The highest BCUT2D eigenvalue weighted by Gasteiger charge is 2.37. The first-order valence-corrected chi connectivity index (χ1v) is 8.72. The number of hydrogen-bond acceptors (Lipinski definition) is 1. The van der Waals surface area contributed by atoms with Crippen molar-refractivity contribution >= 4 is 23.0 Å². The van der Waals surface area contributed by atoms with Crippen LogP contribution in [0.4, 0.5) is 5.69 Å². The van der Waals surface area contributed by atoms with Gasteiger partial charge in [-0.3, -0.25) is 0 Å². The number of nitrogens with one attached hydrogen (secondary N) is 2. The molecule has 1 aliphatic carbocycles. The molecule has 1 saturated carbocycles. The van der Waals surface area contributed by atoms with E-state index in [1.54, 1.807) is 0 Å². The maximum atomic E-state index is 5.60. The second kappa shape index (κ2) is 6.71. The van der Waals surface area contributed by atoms with Crippen molar-refractivity contribution in [3.8, 4) is 0 Å². The van der Waals surface area contributed by atoms with Gasteiger partial charge in [0.05, 0.1) is 5.54 Å². The number of benzene rings is 2. The highest BCUT2D eigenvalue weighted by atomic mass is 32.1. The molecule has 120 valence electrons. The average Bonchev–Trinajstić information content (AvgIpc) is 2.99. The number of rotatable bonds is 3. The van der Waals surface area contributed by atoms with Gasteiger partial charge in [0.2, 0.25) is 0 Å². The minimum atomic E-state index is -0.0277. The summed E-state index contributed by atoms with van der Waals surface area (Å²) in [5.74, 6) is 0. The van der Waals surface area contributed by atoms with Crippen molar-refractivity contribution in [2.24, 2.45) is 0 Å². The van der Waals surface area contributed by atoms with E-state index in [4.69, 9.17) is 12.2 Å². The first-order valence-electron chi connectivity index (χ1n) is 8.31. The van der Waals surface area contributed by atoms with Crippen molar-refractivity contribution in [2.45, 2.75) is 45.1 Å². The van der Waals surface area contributed by atoms with E-state index in [2.05, 4.69) is 73.0 Å². The molecule has 0 amide bonds. The van der Waals surface area contributed by atoms with E-state index in [1.807, 2.05) is 0 Å². The molecular weight excluding hydrogens is 300 g/mol. The summed E-state index contributed by atoms with van der Waals surface area (Å²) in [7, 11) is 0. The van der Waals surface area contributed by atoms with Crippen molar-refractivity contribution < 1.29 is 0 Å². The van der Waals surface area contributed by atoms with Crippen molar-refractivity contribution in [2.75, 3.05) is 5.32 Å². The minimum absolute atomic E-state index is 0.0277. The lowest BCUT2D eigenvalue weighted by Gasteiger charge is -2.33. The predicted octanol–water partition coefficient (Wildman–Crippen LogP) is 5.06. The van der Waals surface area contributed by atoms with Gasteiger partial charge in [0.1, 0.15) is 0 Å². The predicted molar refractivity (Wildman–Crippen MR) is 102 cm³/mol. The summed E-state index contributed by atoms with van der Waals surface area (Å²) in [5.41, 5.74) is 4.97. The molecule has 0 radical (unpaired) electrons. The van der Waals surface area contributed by atoms with Gasteiger partial charge in [0, 0.05) is 5.69 Å². The topological polar surface area (TPSA) is 24.1 Å². The Labute approximate surface area is 144 Å². The van der Waals surface area contributed by atoms with Gasteiger partial charge < -0.3 is 10.6 Å². The van der Waals surface area contributed by atoms with Gasteiger partial charge in [-0.2, -0.15) is 0 Å². The lowest BCUT2D eigenvalue weighted by Crippen LogP contribution is -2.46. The lowest BCUT2D eigenvalue weighted by molar-refractivity contribution is 0.406. The van der Waals surface area contributed by atoms with E-state index in [9.17, 15) is 0 Å². The molecule has 0 spiro atoms. The first kappa shape index (κ1) is 16.0. The van der Waals surface area contributed by atoms with Crippen molar-refractivity contribution in [3.63, 3.8) is 0 Å². The van der Waals surface area contributed by atoms with Gasteiger partial charge in [0.15, 0.2) is 5.11 Å². The summed E-state index contributed by atoms with van der Waals surface area (Å²) >= 11 is 5.60. The molecule has 0 aliphatic heterocycles. The highest BCUT2D eigenvalue weighted by Crippen LogP contribution is 2.40. The smallest absolute Gasteiger partial charge is 0.171 e. The Kier molecular flexibility index (Phi) is 4.67. The molecule has 2 nitrogen and oxygen atoms in total. The van der Waals surface area contributed by atoms with E-state index < -0.39 is 0 Å². The third kappa shape index (κ3) is 3.56. The summed E-state index contributed by atoms with van der Waals surface area (Å²) < 4.78 is 0. The fourth-order valence-corrected chi connectivity index (χ4v) is 3.88. The third-order valence-electron chi connectivity index (χ3n) is 4.78. The molecule has 0 unspecified atom stereocenters. The summed E-state index contributed by atoms with van der Waals surface area (Å²) in [6.45, 7) is 4.28. The lowest BCUT2D eigenvalue weighted by atomic mass is 9.85. The van der Waals surface area contributed by atoms with Crippen molar-refractivity contribution in [1.29, 1.82) is 0 Å². The van der Waals surface area contributed by atoms with Crippen LogP contribution in [-0.4, -0.2) is 5.11 Å². The number of thiocarbonyl (C=S) groups is 1. The van der Waals surface area contributed by atoms with E-state index >= 15 is 0 Å². The van der Waals surface area contributed by atoms with Gasteiger partial charge in [-0.1, -0.05) is 54.8 Å². The SMILES string of the molecule is Cc1ccc(NC(=S)NC2(c3ccccc3C)CCCC2)cc1. The van der Waals surface area contributed by atoms with Gasteiger partial charge >= 0.3 is 0 Å². The largest absolute Gasteiger partial charge is 0.353 e. The van der Waals surface area contributed by atoms with Gasteiger partial charge in [-0.15, -0.1) is 0 Å². The second-order valence-electron chi connectivity index (χ2n) is 6.55. The molecule has 2 aromatic rings. The van der Waals surface area contributed by atoms with Crippen LogP contribution in [0.25, 0.3) is 0 Å². The molecule has 3 rings (SSSR count). The van der Waals surface area contributed by atoms with Crippen LogP contribution in [-0.2, 0) is 5.54 Å². The Morgan fingerprint density at radius 2 is 1.61 bits per heavy atom. The fraction of sp³-hybridized carbons (Fsp3) is 0.350. The summed E-state index contributed by atoms with van der Waals surface area (Å²) in [6.07, 6.45) is 4.75. The highest BCUT2D eigenvalue weighted by molar-refractivity contribution is 7.80. The zero-order valence-electron chi connectivity index (χ0n) is 13.9. The molecule has 0 bridgehead atoms. The quantitative estimate of drug-likeness (QED) is 0.772. The fourth-order valence-electron chi connectivity index (χ4n) is 3.57. The zero-order valence-corrected chi connectivity index (χ0v) is 14.7. The van der Waals surface area contributed by atoms with Gasteiger partial charge in [-0.05, 0) is 62.2 Å². The van der Waals surface area contributed by atoms with E-state index in [0.29, 0.717) is 5.11 Å². The molecule has 2 N–H and O–H groups in total. The maximum absolute atomic E-state index is 5.60. The number of hydrogen-bond donors (Lipinski definition) is 2. The van der Waals surface area contributed by atoms with E-state index in [0.717, 1.165) is 18.5 Å². The molecule has 0 aromatic heterocycles. The van der Waals surface area contributed by atoms with E-state index in [-0.39, 0.29) is 5.54 Å². The Bertz CT molecular complexity index is 685. The summed E-state index contributed by atoms with van der Waals surface area (Å²) in [4.78, 5) is 0. The number of anilines is 1. The summed E-state index contributed by atoms with van der Waals surface area (Å²) in [5, 5.41) is 7.67. The van der Waals surface area contributed by atoms with Gasteiger partial charge in [-0.25, -0.2) is 0 Å². The second-order valence-corrected chi connectivity index (χ2v) is 6.96. The monoisotopic (exact) mass is 324 g/mol. The summed E-state index contributed by atoms with van der Waals surface area (Å²) in [6, 6.07) is 17.0. The molecule has 1 aliphatic rings. The third-order valence-corrected chi connectivity index (χ3v) is 4.98. The average molecular weight is 324 g/mol. The first-order chi connectivity index (χ1) is 11.1. The Morgan fingerprint density at radius 1 is 0.957 bits per heavy atom. The van der Waals surface area contributed by atoms with Gasteiger partial charge in [0.25, 0.3) is 0 Å². The molecule has 3 heteroatoms. The Hall–Kier alpha value is -1.87. The van der Waals surface area contributed by atoms with Crippen LogP contribution in [0.1, 0.15) is 42.4 Å². The van der Waals surface area contributed by atoms with Crippen LogP contribution in [0.3, 0.4) is 0 Å². The molecule has 1 fully saturated rings. The molecule has 0 atom stereocenters.